The number of carbonyl (C=O) groups is 1. The Morgan fingerprint density at radius 3 is 2.59 bits per heavy atom. The lowest BCUT2D eigenvalue weighted by Gasteiger charge is -2.16. The standard InChI is InChI=1S/C26H25N7O3S/c1-3-35-21-11-18-19(12-22(21)36-4-2)30-23(13-33-9-8-28-15-33)32-25(18)29-17-7-5-6-16(10-17)20-14-37-26(31-20)24(27)34/h5-12,14-15H,3-4,13H2,1-2H3,(H2,27,34)(H,29,30,32). The minimum Gasteiger partial charge on any atom is -0.490 e. The van der Waals surface area contributed by atoms with Gasteiger partial charge in [-0.2, -0.15) is 0 Å². The van der Waals surface area contributed by atoms with Crippen LogP contribution in [0.2, 0.25) is 0 Å². The Labute approximate surface area is 217 Å². The molecule has 5 aromatic rings. The van der Waals surface area contributed by atoms with Crippen molar-refractivity contribution < 1.29 is 14.3 Å². The van der Waals surface area contributed by atoms with Crippen LogP contribution in [0.3, 0.4) is 0 Å². The fourth-order valence-corrected chi connectivity index (χ4v) is 4.52. The number of nitrogens with one attached hydrogen (secondary N) is 1. The Hall–Kier alpha value is -4.51. The Morgan fingerprint density at radius 1 is 1.08 bits per heavy atom. The summed E-state index contributed by atoms with van der Waals surface area (Å²) in [5.74, 6) is 1.95. The maximum Gasteiger partial charge on any atom is 0.277 e. The number of nitrogens with two attached hydrogens (primary N) is 1. The highest BCUT2D eigenvalue weighted by molar-refractivity contribution is 7.12. The summed E-state index contributed by atoms with van der Waals surface area (Å²) in [4.78, 5) is 29.6. The smallest absolute Gasteiger partial charge is 0.277 e. The highest BCUT2D eigenvalue weighted by atomic mass is 32.1. The lowest BCUT2D eigenvalue weighted by atomic mass is 10.1. The van der Waals surface area contributed by atoms with Crippen LogP contribution in [0, 0.1) is 0 Å². The van der Waals surface area contributed by atoms with Crippen molar-refractivity contribution in [2.75, 3.05) is 18.5 Å². The van der Waals surface area contributed by atoms with Crippen LogP contribution in [0.25, 0.3) is 22.2 Å². The van der Waals surface area contributed by atoms with Gasteiger partial charge in [-0.25, -0.2) is 19.9 Å². The summed E-state index contributed by atoms with van der Waals surface area (Å²) in [6, 6.07) is 11.5. The van der Waals surface area contributed by atoms with Crippen LogP contribution in [0.15, 0.2) is 60.5 Å². The minimum absolute atomic E-state index is 0.271. The molecular weight excluding hydrogens is 490 g/mol. The van der Waals surface area contributed by atoms with E-state index in [0.29, 0.717) is 48.6 Å². The van der Waals surface area contributed by atoms with E-state index in [0.717, 1.165) is 22.2 Å². The Balaban J connectivity index is 1.57. The molecule has 3 heterocycles. The molecule has 0 bridgehead atoms. The van der Waals surface area contributed by atoms with E-state index in [9.17, 15) is 4.79 Å². The van der Waals surface area contributed by atoms with Crippen LogP contribution >= 0.6 is 11.3 Å². The molecule has 10 nitrogen and oxygen atoms in total. The normalized spacial score (nSPS) is 11.0. The molecule has 2 aromatic carbocycles. The molecule has 37 heavy (non-hydrogen) atoms. The fourth-order valence-electron chi connectivity index (χ4n) is 3.84. The number of ether oxygens (including phenoxy) is 2. The van der Waals surface area contributed by atoms with E-state index < -0.39 is 5.91 Å². The maximum atomic E-state index is 11.5. The van der Waals surface area contributed by atoms with Gasteiger partial charge in [0.25, 0.3) is 5.91 Å². The van der Waals surface area contributed by atoms with Gasteiger partial charge < -0.3 is 25.1 Å². The van der Waals surface area contributed by atoms with Crippen LogP contribution in [-0.2, 0) is 6.54 Å². The molecule has 0 spiro atoms. The average molecular weight is 516 g/mol. The molecule has 0 saturated heterocycles. The van der Waals surface area contributed by atoms with Gasteiger partial charge in [-0.1, -0.05) is 12.1 Å². The molecule has 1 amide bonds. The van der Waals surface area contributed by atoms with Gasteiger partial charge in [0.15, 0.2) is 22.3 Å². The third-order valence-electron chi connectivity index (χ3n) is 5.43. The first-order chi connectivity index (χ1) is 18.0. The summed E-state index contributed by atoms with van der Waals surface area (Å²) < 4.78 is 13.6. The second-order valence-corrected chi connectivity index (χ2v) is 8.87. The van der Waals surface area contributed by atoms with Crippen LogP contribution < -0.4 is 20.5 Å². The molecule has 0 radical (unpaired) electrons. The van der Waals surface area contributed by atoms with Crippen molar-refractivity contribution in [2.45, 2.75) is 20.4 Å². The van der Waals surface area contributed by atoms with Gasteiger partial charge in [-0.3, -0.25) is 4.79 Å². The zero-order valence-electron chi connectivity index (χ0n) is 20.3. The summed E-state index contributed by atoms with van der Waals surface area (Å²) in [7, 11) is 0. The summed E-state index contributed by atoms with van der Waals surface area (Å²) in [5.41, 5.74) is 8.42. The first-order valence-electron chi connectivity index (χ1n) is 11.7. The van der Waals surface area contributed by atoms with Gasteiger partial charge in [0.2, 0.25) is 0 Å². The highest BCUT2D eigenvalue weighted by Gasteiger charge is 2.16. The second kappa shape index (κ2) is 10.6. The zero-order chi connectivity index (χ0) is 25.8. The molecule has 3 aromatic heterocycles. The third-order valence-corrected chi connectivity index (χ3v) is 6.28. The summed E-state index contributed by atoms with van der Waals surface area (Å²) in [6.45, 7) is 5.31. The van der Waals surface area contributed by atoms with Crippen molar-refractivity contribution in [1.82, 2.24) is 24.5 Å². The molecule has 11 heteroatoms. The molecule has 0 atom stereocenters. The number of rotatable bonds is 10. The van der Waals surface area contributed by atoms with Crippen molar-refractivity contribution in [3.63, 3.8) is 0 Å². The van der Waals surface area contributed by atoms with E-state index in [4.69, 9.17) is 25.2 Å². The van der Waals surface area contributed by atoms with Crippen LogP contribution in [0.5, 0.6) is 11.5 Å². The SMILES string of the molecule is CCOc1cc2nc(Cn3ccnc3)nc(Nc3cccc(-c4csc(C(N)=O)n4)c3)c2cc1OCC. The number of amides is 1. The maximum absolute atomic E-state index is 11.5. The van der Waals surface area contributed by atoms with E-state index in [-0.39, 0.29) is 5.01 Å². The average Bonchev–Trinajstić information content (AvgIpc) is 3.58. The number of nitrogens with zero attached hydrogens (tertiary/aromatic N) is 5. The molecule has 5 rings (SSSR count). The predicted molar refractivity (Wildman–Crippen MR) is 143 cm³/mol. The number of aromatic nitrogens is 5. The van der Waals surface area contributed by atoms with Gasteiger partial charge in [-0.05, 0) is 32.0 Å². The van der Waals surface area contributed by atoms with Gasteiger partial charge in [0.05, 0.1) is 37.3 Å². The third kappa shape index (κ3) is 5.36. The van der Waals surface area contributed by atoms with Crippen molar-refractivity contribution in [2.24, 2.45) is 5.73 Å². The quantitative estimate of drug-likeness (QED) is 0.275. The van der Waals surface area contributed by atoms with Gasteiger partial charge >= 0.3 is 0 Å². The Kier molecular flexibility index (Phi) is 6.95. The summed E-state index contributed by atoms with van der Waals surface area (Å²) >= 11 is 1.22. The molecule has 188 valence electrons. The van der Waals surface area contributed by atoms with Crippen molar-refractivity contribution >= 4 is 39.7 Å². The second-order valence-electron chi connectivity index (χ2n) is 8.01. The van der Waals surface area contributed by atoms with Gasteiger partial charge in [0, 0.05) is 40.5 Å². The number of anilines is 2. The molecule has 0 aliphatic heterocycles. The monoisotopic (exact) mass is 515 g/mol. The van der Waals surface area contributed by atoms with E-state index in [2.05, 4.69) is 15.3 Å². The highest BCUT2D eigenvalue weighted by Crippen LogP contribution is 2.36. The Morgan fingerprint density at radius 2 is 1.89 bits per heavy atom. The summed E-state index contributed by atoms with van der Waals surface area (Å²) in [5, 5.41) is 6.31. The van der Waals surface area contributed by atoms with Gasteiger partial charge in [0.1, 0.15) is 5.82 Å². The number of primary amides is 1. The van der Waals surface area contributed by atoms with Crippen molar-refractivity contribution in [3.8, 4) is 22.8 Å². The van der Waals surface area contributed by atoms with E-state index in [1.165, 1.54) is 11.3 Å². The molecule has 3 N–H and O–H groups in total. The first-order valence-corrected chi connectivity index (χ1v) is 12.6. The van der Waals surface area contributed by atoms with Crippen molar-refractivity contribution in [1.29, 1.82) is 0 Å². The fraction of sp³-hybridized carbons (Fsp3) is 0.192. The van der Waals surface area contributed by atoms with Crippen molar-refractivity contribution in [3.05, 3.63) is 71.3 Å². The van der Waals surface area contributed by atoms with Crippen LogP contribution in [0.4, 0.5) is 11.5 Å². The molecule has 0 saturated carbocycles. The number of carbonyl (C=O) groups excluding carboxylic acids is 1. The van der Waals surface area contributed by atoms with E-state index >= 15 is 0 Å². The van der Waals surface area contributed by atoms with Gasteiger partial charge in [-0.15, -0.1) is 11.3 Å². The molecule has 0 fully saturated rings. The number of fused-ring (bicyclic) bond motifs is 1. The van der Waals surface area contributed by atoms with Crippen LogP contribution in [0.1, 0.15) is 29.5 Å². The van der Waals surface area contributed by atoms with E-state index in [1.54, 1.807) is 12.5 Å². The largest absolute Gasteiger partial charge is 0.490 e. The molecule has 0 aliphatic rings. The topological polar surface area (TPSA) is 130 Å². The lowest BCUT2D eigenvalue weighted by Crippen LogP contribution is -2.10. The zero-order valence-corrected chi connectivity index (χ0v) is 21.2. The van der Waals surface area contributed by atoms with Crippen LogP contribution in [-0.4, -0.2) is 43.6 Å². The molecular formula is C26H25N7O3S. The molecule has 0 aliphatic carbocycles. The minimum atomic E-state index is -0.542. The Bertz CT molecular complexity index is 1550. The number of imidazole rings is 1. The number of thiazole rings is 1. The number of benzene rings is 2. The van der Waals surface area contributed by atoms with E-state index in [1.807, 2.05) is 66.4 Å². The first kappa shape index (κ1) is 24.2. The number of hydrogen-bond donors (Lipinski definition) is 2. The lowest BCUT2D eigenvalue weighted by molar-refractivity contribution is 0.1000. The summed E-state index contributed by atoms with van der Waals surface area (Å²) in [6.07, 6.45) is 5.31. The molecule has 0 unspecified atom stereocenters. The number of hydrogen-bond acceptors (Lipinski definition) is 9. The predicted octanol–water partition coefficient (Wildman–Crippen LogP) is 4.64.